The first-order valence-corrected chi connectivity index (χ1v) is 14.5. The van der Waals surface area contributed by atoms with Crippen LogP contribution in [0, 0.1) is 12.8 Å². The molecule has 1 aliphatic heterocycles. The van der Waals surface area contributed by atoms with E-state index in [1.54, 1.807) is 7.11 Å². The van der Waals surface area contributed by atoms with Gasteiger partial charge in [-0.3, -0.25) is 0 Å². The predicted molar refractivity (Wildman–Crippen MR) is 162 cm³/mol. The van der Waals surface area contributed by atoms with E-state index in [1.165, 1.54) is 7.11 Å². The summed E-state index contributed by atoms with van der Waals surface area (Å²) in [6.07, 6.45) is 0.914. The summed E-state index contributed by atoms with van der Waals surface area (Å²) in [6.45, 7) is 8.07. The van der Waals surface area contributed by atoms with Crippen LogP contribution in [0.15, 0.2) is 66.7 Å². The number of hydrogen-bond donors (Lipinski definition) is 3. The highest BCUT2D eigenvalue weighted by Gasteiger charge is 2.41. The van der Waals surface area contributed by atoms with Gasteiger partial charge < -0.3 is 30.0 Å². The minimum absolute atomic E-state index is 0.0817. The maximum atomic E-state index is 12.1. The van der Waals surface area contributed by atoms with E-state index in [-0.39, 0.29) is 5.92 Å². The molecule has 220 valence electrons. The van der Waals surface area contributed by atoms with Gasteiger partial charge in [0.2, 0.25) is 0 Å². The SMILES string of the molecule is COC[C@H](C)COCc1ccc(C2(O)CCNC[C@@H]2c2ccc(-c3ccccc3CCNC(=O)OC)cc2C)cc1. The Balaban J connectivity index is 1.51. The number of carbonyl (C=O) groups is 1. The molecule has 3 N–H and O–H groups in total. The van der Waals surface area contributed by atoms with Crippen LogP contribution in [-0.2, 0) is 32.8 Å². The monoisotopic (exact) mass is 560 g/mol. The quantitative estimate of drug-likeness (QED) is 0.278. The van der Waals surface area contributed by atoms with Gasteiger partial charge in [-0.2, -0.15) is 0 Å². The van der Waals surface area contributed by atoms with Gasteiger partial charge in [0, 0.05) is 32.0 Å². The Kier molecular flexibility index (Phi) is 10.9. The highest BCUT2D eigenvalue weighted by Crippen LogP contribution is 2.43. The first-order valence-electron chi connectivity index (χ1n) is 14.5. The fourth-order valence-electron chi connectivity index (χ4n) is 5.81. The first-order chi connectivity index (χ1) is 19.9. The van der Waals surface area contributed by atoms with Gasteiger partial charge in [0.1, 0.15) is 0 Å². The van der Waals surface area contributed by atoms with Gasteiger partial charge in [0.05, 0.1) is 32.5 Å². The molecule has 7 nitrogen and oxygen atoms in total. The van der Waals surface area contributed by atoms with Crippen molar-refractivity contribution in [2.75, 3.05) is 47.1 Å². The standard InChI is InChI=1S/C34H44N2O5/c1-24(21-39-3)22-41-23-26-9-12-29(13-10-26)34(38)16-18-35-20-32(34)30-14-11-28(19-25(30)2)31-8-6-5-7-27(31)15-17-36-33(37)40-4/h5-14,19,24,32,35,38H,15-18,20-23H2,1-4H3,(H,36,37)/t24-,32+,34?/m0/s1. The number of amides is 1. The molecule has 1 amide bonds. The third-order valence-electron chi connectivity index (χ3n) is 8.01. The second-order valence-electron chi connectivity index (χ2n) is 11.1. The molecule has 1 heterocycles. The number of carbonyl (C=O) groups excluding carboxylic acids is 1. The Hall–Kier alpha value is -3.23. The van der Waals surface area contributed by atoms with E-state index in [0.717, 1.165) is 45.5 Å². The van der Waals surface area contributed by atoms with Gasteiger partial charge in [0.25, 0.3) is 0 Å². The van der Waals surface area contributed by atoms with Gasteiger partial charge in [-0.25, -0.2) is 4.79 Å². The number of benzene rings is 3. The third kappa shape index (κ3) is 7.74. The lowest BCUT2D eigenvalue weighted by molar-refractivity contribution is -0.0156. The van der Waals surface area contributed by atoms with E-state index in [1.807, 2.05) is 12.1 Å². The Morgan fingerprint density at radius 2 is 1.88 bits per heavy atom. The molecule has 0 radical (unpaired) electrons. The fourth-order valence-corrected chi connectivity index (χ4v) is 5.81. The molecule has 4 rings (SSSR count). The van der Waals surface area contributed by atoms with Crippen molar-refractivity contribution in [1.29, 1.82) is 0 Å². The molecule has 3 aromatic carbocycles. The summed E-state index contributed by atoms with van der Waals surface area (Å²) >= 11 is 0. The normalized spacial score (nSPS) is 19.5. The summed E-state index contributed by atoms with van der Waals surface area (Å²) in [6, 6.07) is 23.0. The second kappa shape index (κ2) is 14.6. The molecule has 1 unspecified atom stereocenters. The topological polar surface area (TPSA) is 89.0 Å². The van der Waals surface area contributed by atoms with Crippen LogP contribution in [0.1, 0.15) is 47.1 Å². The second-order valence-corrected chi connectivity index (χ2v) is 11.1. The molecule has 1 saturated heterocycles. The lowest BCUT2D eigenvalue weighted by atomic mass is 9.72. The Morgan fingerprint density at radius 1 is 1.10 bits per heavy atom. The number of alkyl carbamates (subject to hydrolysis) is 1. The molecule has 0 bridgehead atoms. The third-order valence-corrected chi connectivity index (χ3v) is 8.01. The molecule has 0 aromatic heterocycles. The Morgan fingerprint density at radius 3 is 2.61 bits per heavy atom. The Bertz CT molecular complexity index is 1280. The fraction of sp³-hybridized carbons (Fsp3) is 0.441. The minimum Gasteiger partial charge on any atom is -0.453 e. The summed E-state index contributed by atoms with van der Waals surface area (Å²) in [5.74, 6) is 0.268. The predicted octanol–water partition coefficient (Wildman–Crippen LogP) is 5.32. The minimum atomic E-state index is -0.971. The van der Waals surface area contributed by atoms with Crippen molar-refractivity contribution in [2.45, 2.75) is 44.8 Å². The molecule has 0 spiro atoms. The van der Waals surface area contributed by atoms with Crippen LogP contribution < -0.4 is 10.6 Å². The molecule has 3 aromatic rings. The van der Waals surface area contributed by atoms with Crippen LogP contribution in [0.4, 0.5) is 4.79 Å². The average Bonchev–Trinajstić information content (AvgIpc) is 2.98. The Labute approximate surface area is 244 Å². The lowest BCUT2D eigenvalue weighted by Gasteiger charge is -2.42. The van der Waals surface area contributed by atoms with Gasteiger partial charge >= 0.3 is 6.09 Å². The molecular weight excluding hydrogens is 516 g/mol. The van der Waals surface area contributed by atoms with Crippen molar-refractivity contribution in [1.82, 2.24) is 10.6 Å². The van der Waals surface area contributed by atoms with Gasteiger partial charge in [-0.1, -0.05) is 73.7 Å². The largest absolute Gasteiger partial charge is 0.453 e. The molecular formula is C34H44N2O5. The smallest absolute Gasteiger partial charge is 0.406 e. The number of aliphatic hydroxyl groups is 1. The van der Waals surface area contributed by atoms with Crippen molar-refractivity contribution in [3.05, 3.63) is 94.5 Å². The highest BCUT2D eigenvalue weighted by atomic mass is 16.5. The summed E-state index contributed by atoms with van der Waals surface area (Å²) in [4.78, 5) is 11.5. The average molecular weight is 561 g/mol. The molecule has 0 aliphatic carbocycles. The van der Waals surface area contributed by atoms with E-state index >= 15 is 0 Å². The number of methoxy groups -OCH3 is 2. The molecule has 7 heteroatoms. The lowest BCUT2D eigenvalue weighted by Crippen LogP contribution is -2.46. The summed E-state index contributed by atoms with van der Waals surface area (Å²) in [7, 11) is 3.08. The molecule has 0 saturated carbocycles. The molecule has 3 atom stereocenters. The van der Waals surface area contributed by atoms with Crippen molar-refractivity contribution in [3.63, 3.8) is 0 Å². The van der Waals surface area contributed by atoms with E-state index in [9.17, 15) is 9.90 Å². The number of nitrogens with one attached hydrogen (secondary N) is 2. The van der Waals surface area contributed by atoms with Crippen molar-refractivity contribution in [3.8, 4) is 11.1 Å². The van der Waals surface area contributed by atoms with Crippen molar-refractivity contribution in [2.24, 2.45) is 5.92 Å². The van der Waals surface area contributed by atoms with Crippen molar-refractivity contribution >= 4 is 6.09 Å². The van der Waals surface area contributed by atoms with Gasteiger partial charge in [-0.05, 0) is 65.3 Å². The maximum absolute atomic E-state index is 12.1. The van der Waals surface area contributed by atoms with Crippen LogP contribution >= 0.6 is 0 Å². The van der Waals surface area contributed by atoms with E-state index in [2.05, 4.69) is 83.8 Å². The van der Waals surface area contributed by atoms with Crippen LogP contribution in [0.5, 0.6) is 0 Å². The summed E-state index contributed by atoms with van der Waals surface area (Å²) < 4.78 is 15.7. The zero-order chi connectivity index (χ0) is 29.2. The molecule has 1 aliphatic rings. The number of piperidine rings is 1. The maximum Gasteiger partial charge on any atom is 0.406 e. The van der Waals surface area contributed by atoms with Gasteiger partial charge in [-0.15, -0.1) is 0 Å². The molecule has 1 fully saturated rings. The van der Waals surface area contributed by atoms with E-state index in [4.69, 9.17) is 9.47 Å². The number of rotatable bonds is 12. The molecule has 41 heavy (non-hydrogen) atoms. The number of aryl methyl sites for hydroxylation is 1. The zero-order valence-electron chi connectivity index (χ0n) is 24.7. The summed E-state index contributed by atoms with van der Waals surface area (Å²) in [5, 5.41) is 18.4. The zero-order valence-corrected chi connectivity index (χ0v) is 24.7. The van der Waals surface area contributed by atoms with Crippen LogP contribution in [-0.4, -0.2) is 58.3 Å². The van der Waals surface area contributed by atoms with Crippen LogP contribution in [0.25, 0.3) is 11.1 Å². The van der Waals surface area contributed by atoms with E-state index < -0.39 is 11.7 Å². The van der Waals surface area contributed by atoms with E-state index in [0.29, 0.717) is 51.7 Å². The van der Waals surface area contributed by atoms with Crippen LogP contribution in [0.3, 0.4) is 0 Å². The van der Waals surface area contributed by atoms with Crippen molar-refractivity contribution < 1.29 is 24.1 Å². The van der Waals surface area contributed by atoms with Gasteiger partial charge in [0.15, 0.2) is 0 Å². The number of hydrogen-bond acceptors (Lipinski definition) is 6. The highest BCUT2D eigenvalue weighted by molar-refractivity contribution is 5.69. The summed E-state index contributed by atoms with van der Waals surface area (Å²) in [5.41, 5.74) is 6.77. The first kappa shape index (κ1) is 30.7. The van der Waals surface area contributed by atoms with Crippen LogP contribution in [0.2, 0.25) is 0 Å². The number of ether oxygens (including phenoxy) is 3.